The van der Waals surface area contributed by atoms with Crippen LogP contribution in [0.15, 0.2) is 168 Å². The quantitative estimate of drug-likeness (QED) is 0.197. The Morgan fingerprint density at radius 2 is 1.09 bits per heavy atom. The number of para-hydroxylation sites is 1. The molecule has 0 unspecified atom stereocenters. The fraction of sp³-hybridized carbons (Fsp3) is 0. The van der Waals surface area contributed by atoms with Crippen molar-refractivity contribution in [1.82, 2.24) is 0 Å². The molecule has 0 aliphatic carbocycles. The van der Waals surface area contributed by atoms with E-state index in [0.717, 1.165) is 50.1 Å². The second-order valence-electron chi connectivity index (χ2n) is 11.3. The van der Waals surface area contributed by atoms with Gasteiger partial charge in [-0.15, -0.1) is 11.3 Å². The zero-order chi connectivity index (χ0) is 29.7. The van der Waals surface area contributed by atoms with E-state index in [-0.39, 0.29) is 0 Å². The zero-order valence-corrected chi connectivity index (χ0v) is 25.2. The third kappa shape index (κ3) is 4.32. The summed E-state index contributed by atoms with van der Waals surface area (Å²) in [6.45, 7) is 0. The monoisotopic (exact) mass is 593 g/mol. The summed E-state index contributed by atoms with van der Waals surface area (Å²) in [5.74, 6) is 0. The molecule has 2 aromatic heterocycles. The highest BCUT2D eigenvalue weighted by Crippen LogP contribution is 2.49. The SMILES string of the molecule is c1ccc(-c2cccc(N(c3ccc4sc5ccccc5c4c3)c3c(-c4ccccc4)ccc4c3oc3ccccc34)c2)cc1. The Morgan fingerprint density at radius 3 is 1.93 bits per heavy atom. The molecular weight excluding hydrogens is 567 g/mol. The van der Waals surface area contributed by atoms with Crippen LogP contribution in [0.2, 0.25) is 0 Å². The minimum absolute atomic E-state index is 0.873. The maximum absolute atomic E-state index is 6.79. The van der Waals surface area contributed by atoms with Crippen LogP contribution in [0, 0.1) is 0 Å². The fourth-order valence-corrected chi connectivity index (χ4v) is 7.65. The van der Waals surface area contributed by atoms with E-state index >= 15 is 0 Å². The van der Waals surface area contributed by atoms with Gasteiger partial charge in [0.05, 0.1) is 5.69 Å². The molecule has 0 fully saturated rings. The number of anilines is 3. The molecule has 2 heterocycles. The molecule has 0 saturated carbocycles. The van der Waals surface area contributed by atoms with Crippen molar-refractivity contribution in [2.45, 2.75) is 0 Å². The highest BCUT2D eigenvalue weighted by Gasteiger charge is 2.24. The summed E-state index contributed by atoms with van der Waals surface area (Å²) in [6.07, 6.45) is 0. The third-order valence-electron chi connectivity index (χ3n) is 8.66. The van der Waals surface area contributed by atoms with E-state index in [9.17, 15) is 0 Å². The lowest BCUT2D eigenvalue weighted by atomic mass is 9.98. The number of rotatable bonds is 5. The lowest BCUT2D eigenvalue weighted by Crippen LogP contribution is -2.12. The van der Waals surface area contributed by atoms with Gasteiger partial charge in [-0.3, -0.25) is 0 Å². The van der Waals surface area contributed by atoms with Crippen molar-refractivity contribution >= 4 is 70.5 Å². The summed E-state index contributed by atoms with van der Waals surface area (Å²) < 4.78 is 9.37. The number of thiophene rings is 1. The smallest absolute Gasteiger partial charge is 0.160 e. The Hall–Kier alpha value is -5.64. The first kappa shape index (κ1) is 25.8. The molecule has 0 spiro atoms. The van der Waals surface area contributed by atoms with Crippen LogP contribution in [0.1, 0.15) is 0 Å². The largest absolute Gasteiger partial charge is 0.454 e. The maximum Gasteiger partial charge on any atom is 0.160 e. The lowest BCUT2D eigenvalue weighted by Gasteiger charge is -2.28. The van der Waals surface area contributed by atoms with E-state index in [1.54, 1.807) is 0 Å². The predicted molar refractivity (Wildman–Crippen MR) is 192 cm³/mol. The minimum Gasteiger partial charge on any atom is -0.454 e. The standard InChI is InChI=1S/C42H27NOS/c1-3-12-28(13-4-1)30-16-11-17-31(26-30)43(32-22-25-40-37(27-32)35-19-8-10-21-39(35)45-40)41-33(29-14-5-2-6-15-29)23-24-36-34-18-7-9-20-38(34)44-42(36)41/h1-27H. The molecule has 0 aliphatic heterocycles. The van der Waals surface area contributed by atoms with Crippen LogP contribution in [0.3, 0.4) is 0 Å². The van der Waals surface area contributed by atoms with Gasteiger partial charge < -0.3 is 9.32 Å². The van der Waals surface area contributed by atoms with Gasteiger partial charge in [0.2, 0.25) is 0 Å². The Bertz CT molecular complexity index is 2490. The van der Waals surface area contributed by atoms with Gasteiger partial charge in [-0.05, 0) is 65.2 Å². The van der Waals surface area contributed by atoms with Gasteiger partial charge in [-0.2, -0.15) is 0 Å². The van der Waals surface area contributed by atoms with E-state index in [1.165, 1.54) is 31.3 Å². The maximum atomic E-state index is 6.79. The molecule has 0 amide bonds. The van der Waals surface area contributed by atoms with Crippen LogP contribution in [0.4, 0.5) is 17.1 Å². The molecule has 7 aromatic carbocycles. The lowest BCUT2D eigenvalue weighted by molar-refractivity contribution is 0.669. The molecule has 45 heavy (non-hydrogen) atoms. The molecule has 0 N–H and O–H groups in total. The molecule has 0 bridgehead atoms. The van der Waals surface area contributed by atoms with Crippen molar-refractivity contribution in [1.29, 1.82) is 0 Å². The molecule has 0 saturated heterocycles. The fourth-order valence-electron chi connectivity index (χ4n) is 6.56. The highest BCUT2D eigenvalue weighted by atomic mass is 32.1. The summed E-state index contributed by atoms with van der Waals surface area (Å²) >= 11 is 1.84. The van der Waals surface area contributed by atoms with Gasteiger partial charge in [0.25, 0.3) is 0 Å². The Labute approximate surface area is 265 Å². The van der Waals surface area contributed by atoms with Crippen LogP contribution in [-0.2, 0) is 0 Å². The molecule has 2 nitrogen and oxygen atoms in total. The van der Waals surface area contributed by atoms with Crippen LogP contribution in [0.5, 0.6) is 0 Å². The Kier molecular flexibility index (Phi) is 6.03. The van der Waals surface area contributed by atoms with Crippen LogP contribution in [0.25, 0.3) is 64.4 Å². The van der Waals surface area contributed by atoms with E-state index in [1.807, 2.05) is 17.4 Å². The number of nitrogens with zero attached hydrogens (tertiary/aromatic N) is 1. The second kappa shape index (κ2) is 10.5. The predicted octanol–water partition coefficient (Wildman–Crippen LogP) is 12.8. The molecule has 0 aliphatic rings. The van der Waals surface area contributed by atoms with Crippen LogP contribution in [-0.4, -0.2) is 0 Å². The molecular formula is C42H27NOS. The summed E-state index contributed by atoms with van der Waals surface area (Å²) in [7, 11) is 0. The van der Waals surface area contributed by atoms with E-state index in [4.69, 9.17) is 4.42 Å². The molecule has 9 aromatic rings. The minimum atomic E-state index is 0.873. The summed E-state index contributed by atoms with van der Waals surface area (Å²) in [4.78, 5) is 2.39. The van der Waals surface area contributed by atoms with Gasteiger partial charge in [0, 0.05) is 47.9 Å². The third-order valence-corrected chi connectivity index (χ3v) is 9.81. The van der Waals surface area contributed by atoms with Gasteiger partial charge in [0.1, 0.15) is 5.58 Å². The number of hydrogen-bond donors (Lipinski definition) is 0. The second-order valence-corrected chi connectivity index (χ2v) is 12.4. The van der Waals surface area contributed by atoms with E-state index in [0.29, 0.717) is 0 Å². The summed E-state index contributed by atoms with van der Waals surface area (Å²) in [5, 5.41) is 4.76. The number of hydrogen-bond acceptors (Lipinski definition) is 3. The van der Waals surface area contributed by atoms with Crippen molar-refractivity contribution in [2.24, 2.45) is 0 Å². The Morgan fingerprint density at radius 1 is 0.422 bits per heavy atom. The Balaban J connectivity index is 1.39. The van der Waals surface area contributed by atoms with Crippen molar-refractivity contribution < 1.29 is 4.42 Å². The first-order valence-corrected chi connectivity index (χ1v) is 16.0. The first-order chi connectivity index (χ1) is 22.3. The summed E-state index contributed by atoms with van der Waals surface area (Å²) in [6, 6.07) is 58.4. The normalized spacial score (nSPS) is 11.6. The van der Waals surface area contributed by atoms with Crippen molar-refractivity contribution in [3.05, 3.63) is 164 Å². The number of fused-ring (bicyclic) bond motifs is 6. The molecule has 0 atom stereocenters. The van der Waals surface area contributed by atoms with Gasteiger partial charge in [-0.1, -0.05) is 115 Å². The first-order valence-electron chi connectivity index (χ1n) is 15.2. The highest BCUT2D eigenvalue weighted by molar-refractivity contribution is 7.25. The average Bonchev–Trinajstić information content (AvgIpc) is 3.68. The number of benzene rings is 7. The molecule has 0 radical (unpaired) electrons. The van der Waals surface area contributed by atoms with Crippen molar-refractivity contribution in [3.8, 4) is 22.3 Å². The van der Waals surface area contributed by atoms with Gasteiger partial charge in [-0.25, -0.2) is 0 Å². The molecule has 212 valence electrons. The summed E-state index contributed by atoms with van der Waals surface area (Å²) in [5.41, 5.74) is 9.54. The van der Waals surface area contributed by atoms with Crippen LogP contribution < -0.4 is 4.90 Å². The zero-order valence-electron chi connectivity index (χ0n) is 24.4. The molecule has 3 heteroatoms. The van der Waals surface area contributed by atoms with E-state index < -0.39 is 0 Å². The van der Waals surface area contributed by atoms with Crippen molar-refractivity contribution in [3.63, 3.8) is 0 Å². The average molecular weight is 594 g/mol. The van der Waals surface area contributed by atoms with Crippen molar-refractivity contribution in [2.75, 3.05) is 4.90 Å². The van der Waals surface area contributed by atoms with Crippen LogP contribution >= 0.6 is 11.3 Å². The van der Waals surface area contributed by atoms with E-state index in [2.05, 4.69) is 163 Å². The number of furan rings is 1. The van der Waals surface area contributed by atoms with Gasteiger partial charge in [0.15, 0.2) is 5.58 Å². The molecule has 9 rings (SSSR count). The topological polar surface area (TPSA) is 16.4 Å². The van der Waals surface area contributed by atoms with Gasteiger partial charge >= 0.3 is 0 Å².